The number of hydrogen-bond acceptors (Lipinski definition) is 0. The van der Waals surface area contributed by atoms with E-state index in [1.54, 1.807) is 0 Å². The van der Waals surface area contributed by atoms with Crippen molar-refractivity contribution in [3.8, 4) is 11.8 Å². The van der Waals surface area contributed by atoms with Crippen LogP contribution in [0.2, 0.25) is 0 Å². The highest BCUT2D eigenvalue weighted by atomic mass is 15.2. The molecule has 0 atom stereocenters. The Labute approximate surface area is 302 Å². The van der Waals surface area contributed by atoms with Gasteiger partial charge in [-0.3, -0.25) is 0 Å². The van der Waals surface area contributed by atoms with E-state index in [1.165, 1.54) is 150 Å². The zero-order valence-electron chi connectivity index (χ0n) is 32.0. The zero-order chi connectivity index (χ0) is 34.8. The first-order valence-corrected chi connectivity index (χ1v) is 20.8. The number of benzene rings is 2. The molecule has 0 aromatic heterocycles. The number of rotatable bonds is 27. The van der Waals surface area contributed by atoms with Gasteiger partial charge in [0.05, 0.1) is 0 Å². The molecule has 0 spiro atoms. The first kappa shape index (κ1) is 40.5. The molecule has 1 aliphatic heterocycles. The highest BCUT2D eigenvalue weighted by Gasteiger charge is 2.29. The van der Waals surface area contributed by atoms with E-state index in [2.05, 4.69) is 87.2 Å². The Morgan fingerprint density at radius 2 is 1.04 bits per heavy atom. The van der Waals surface area contributed by atoms with Crippen molar-refractivity contribution in [1.82, 2.24) is 0 Å². The predicted molar refractivity (Wildman–Crippen MR) is 214 cm³/mol. The van der Waals surface area contributed by atoms with E-state index >= 15 is 0 Å². The molecule has 0 N–H and O–H groups in total. The van der Waals surface area contributed by atoms with Crippen LogP contribution in [0, 0.1) is 11.8 Å². The summed E-state index contributed by atoms with van der Waals surface area (Å²) in [5.41, 5.74) is 19.6. The van der Waals surface area contributed by atoms with Crippen molar-refractivity contribution in [2.75, 3.05) is 0 Å². The lowest BCUT2D eigenvalue weighted by atomic mass is 9.96. The van der Waals surface area contributed by atoms with Gasteiger partial charge in [-0.05, 0) is 67.9 Å². The van der Waals surface area contributed by atoms with E-state index < -0.39 is 0 Å². The van der Waals surface area contributed by atoms with Crippen molar-refractivity contribution in [3.63, 3.8) is 0 Å². The molecule has 2 aromatic carbocycles. The Kier molecular flexibility index (Phi) is 21.5. The second kappa shape index (κ2) is 26.0. The molecule has 1 aliphatic rings. The molecule has 0 aliphatic carbocycles. The van der Waals surface area contributed by atoms with Crippen LogP contribution in [0.25, 0.3) is 16.9 Å². The van der Waals surface area contributed by atoms with Gasteiger partial charge in [0.15, 0.2) is 0 Å². The molecule has 268 valence electrons. The second-order valence-electron chi connectivity index (χ2n) is 14.5. The minimum absolute atomic E-state index is 0.860. The molecular formula is C47H70N2. The average Bonchev–Trinajstić information content (AvgIpc) is 3.45. The van der Waals surface area contributed by atoms with E-state index in [9.17, 15) is 5.53 Å². The van der Waals surface area contributed by atoms with Crippen LogP contribution in [-0.2, 0) is 12.8 Å². The SMILES string of the molecule is CCCCCCCCCCCCCCCCCCC#CCCc1ccccc1C1=C(CCCCC)C=C(c2ccc(CCCC)cc2)[N+]1=[N-]. The third-order valence-corrected chi connectivity index (χ3v) is 10.2. The lowest BCUT2D eigenvalue weighted by Crippen LogP contribution is -2.05. The van der Waals surface area contributed by atoms with E-state index in [1.807, 2.05) is 0 Å². The third kappa shape index (κ3) is 15.7. The molecule has 0 amide bonds. The average molecular weight is 663 g/mol. The van der Waals surface area contributed by atoms with Gasteiger partial charge < -0.3 is 5.53 Å². The predicted octanol–water partition coefficient (Wildman–Crippen LogP) is 15.0. The minimum atomic E-state index is 0.860. The van der Waals surface area contributed by atoms with Gasteiger partial charge in [0.1, 0.15) is 0 Å². The number of unbranched alkanes of at least 4 members (excludes halogenated alkanes) is 19. The number of hydrogen-bond donors (Lipinski definition) is 0. The van der Waals surface area contributed by atoms with Gasteiger partial charge in [-0.25, -0.2) is 4.70 Å². The largest absolute Gasteiger partial charge is 0.493 e. The number of nitrogens with zero attached hydrogens (tertiary/aromatic N) is 2. The summed E-state index contributed by atoms with van der Waals surface area (Å²) in [7, 11) is 0. The fourth-order valence-corrected chi connectivity index (χ4v) is 7.13. The van der Waals surface area contributed by atoms with Crippen LogP contribution < -0.4 is 0 Å². The normalized spacial score (nSPS) is 12.8. The molecule has 0 saturated heterocycles. The third-order valence-electron chi connectivity index (χ3n) is 10.2. The maximum absolute atomic E-state index is 11.6. The molecular weight excluding hydrogens is 593 g/mol. The summed E-state index contributed by atoms with van der Waals surface area (Å²) in [6, 6.07) is 17.4. The van der Waals surface area contributed by atoms with Crippen molar-refractivity contribution in [2.45, 2.75) is 188 Å². The second-order valence-corrected chi connectivity index (χ2v) is 14.5. The van der Waals surface area contributed by atoms with E-state index in [0.717, 1.165) is 61.0 Å². The Morgan fingerprint density at radius 1 is 0.510 bits per heavy atom. The van der Waals surface area contributed by atoms with Crippen LogP contribution in [0.1, 0.15) is 197 Å². The maximum Gasteiger partial charge on any atom is 0.211 e. The van der Waals surface area contributed by atoms with E-state index in [0.29, 0.717) is 0 Å². The Hall–Kier alpha value is -2.92. The lowest BCUT2D eigenvalue weighted by molar-refractivity contribution is -0.344. The van der Waals surface area contributed by atoms with Gasteiger partial charge in [0, 0.05) is 35.6 Å². The van der Waals surface area contributed by atoms with Crippen molar-refractivity contribution in [2.24, 2.45) is 0 Å². The lowest BCUT2D eigenvalue weighted by Gasteiger charge is -2.13. The summed E-state index contributed by atoms with van der Waals surface area (Å²) >= 11 is 0. The van der Waals surface area contributed by atoms with Crippen molar-refractivity contribution < 1.29 is 4.70 Å². The first-order valence-electron chi connectivity index (χ1n) is 20.8. The standard InChI is InChI=1S/C47H70N2/c1-4-7-10-11-12-13-14-15-16-17-18-19-20-21-22-23-24-25-26-28-32-42-33-29-30-35-45(42)47-44(34-27-8-5-2)40-46(49(47)48)43-38-36-41(37-39-43)31-9-6-3/h29-30,33,35-40H,4-24,27-28,31-32,34H2,1-3H3. The van der Waals surface area contributed by atoms with Gasteiger partial charge in [-0.15, -0.1) is 11.8 Å². The topological polar surface area (TPSA) is 25.3 Å². The molecule has 0 fully saturated rings. The Balaban J connectivity index is 1.39. The fourth-order valence-electron chi connectivity index (χ4n) is 7.13. The van der Waals surface area contributed by atoms with Crippen LogP contribution in [0.4, 0.5) is 0 Å². The quantitative estimate of drug-likeness (QED) is 0.0517. The molecule has 0 unspecified atom stereocenters. The highest BCUT2D eigenvalue weighted by Crippen LogP contribution is 2.39. The van der Waals surface area contributed by atoms with Gasteiger partial charge in [0.2, 0.25) is 11.4 Å². The summed E-state index contributed by atoms with van der Waals surface area (Å²) in [6.07, 6.45) is 35.5. The van der Waals surface area contributed by atoms with Crippen LogP contribution >= 0.6 is 0 Å². The van der Waals surface area contributed by atoms with E-state index in [-0.39, 0.29) is 0 Å². The summed E-state index contributed by atoms with van der Waals surface area (Å²) in [5, 5.41) is 0. The summed E-state index contributed by atoms with van der Waals surface area (Å²) in [4.78, 5) is 0. The minimum Gasteiger partial charge on any atom is -0.493 e. The summed E-state index contributed by atoms with van der Waals surface area (Å²) < 4.78 is 1.46. The molecule has 49 heavy (non-hydrogen) atoms. The molecule has 0 saturated carbocycles. The van der Waals surface area contributed by atoms with Crippen LogP contribution in [0.3, 0.4) is 0 Å². The van der Waals surface area contributed by atoms with Crippen molar-refractivity contribution in [3.05, 3.63) is 88.0 Å². The first-order chi connectivity index (χ1) is 24.2. The van der Waals surface area contributed by atoms with Gasteiger partial charge >= 0.3 is 0 Å². The number of aryl methyl sites for hydroxylation is 2. The van der Waals surface area contributed by atoms with Crippen LogP contribution in [0.15, 0.2) is 60.2 Å². The van der Waals surface area contributed by atoms with E-state index in [4.69, 9.17) is 0 Å². The molecule has 3 rings (SSSR count). The smallest absolute Gasteiger partial charge is 0.211 e. The molecule has 0 bridgehead atoms. The Bertz CT molecular complexity index is 1320. The maximum atomic E-state index is 11.6. The fraction of sp³-hybridized carbons (Fsp3) is 0.617. The molecule has 1 heterocycles. The highest BCUT2D eigenvalue weighted by molar-refractivity contribution is 5.79. The van der Waals surface area contributed by atoms with Crippen LogP contribution in [-0.4, -0.2) is 4.70 Å². The van der Waals surface area contributed by atoms with Crippen molar-refractivity contribution >= 4 is 11.4 Å². The number of allylic oxidation sites excluding steroid dienone is 2. The van der Waals surface area contributed by atoms with Crippen LogP contribution in [0.5, 0.6) is 0 Å². The summed E-state index contributed by atoms with van der Waals surface area (Å²) in [6.45, 7) is 6.78. The van der Waals surface area contributed by atoms with Gasteiger partial charge in [-0.1, -0.05) is 167 Å². The molecule has 2 aromatic rings. The molecule has 2 heteroatoms. The van der Waals surface area contributed by atoms with Gasteiger partial charge in [0.25, 0.3) is 0 Å². The summed E-state index contributed by atoms with van der Waals surface area (Å²) in [5.74, 6) is 6.93. The monoisotopic (exact) mass is 663 g/mol. The van der Waals surface area contributed by atoms with Crippen molar-refractivity contribution in [1.29, 1.82) is 0 Å². The molecule has 2 nitrogen and oxygen atoms in total. The van der Waals surface area contributed by atoms with Gasteiger partial charge in [-0.2, -0.15) is 0 Å². The Morgan fingerprint density at radius 3 is 1.65 bits per heavy atom. The molecule has 0 radical (unpaired) electrons. The zero-order valence-corrected chi connectivity index (χ0v) is 32.0.